The fourth-order valence-electron chi connectivity index (χ4n) is 1.90. The first kappa shape index (κ1) is 13.0. The summed E-state index contributed by atoms with van der Waals surface area (Å²) in [5.74, 6) is -0.301. The van der Waals surface area contributed by atoms with Gasteiger partial charge in [0.05, 0.1) is 6.04 Å². The van der Waals surface area contributed by atoms with E-state index >= 15 is 0 Å². The number of halogens is 2. The van der Waals surface area contributed by atoms with Gasteiger partial charge in [-0.2, -0.15) is 0 Å². The van der Waals surface area contributed by atoms with E-state index in [1.165, 1.54) is 6.07 Å². The van der Waals surface area contributed by atoms with Gasteiger partial charge in [0, 0.05) is 23.0 Å². The average molecular weight is 265 g/mol. The molecule has 1 aromatic carbocycles. The van der Waals surface area contributed by atoms with Gasteiger partial charge in [-0.05, 0) is 36.4 Å². The Bertz CT molecular complexity index is 516. The molecule has 94 valence electrons. The third kappa shape index (κ3) is 2.86. The first-order valence-corrected chi connectivity index (χ1v) is 6.18. The lowest BCUT2D eigenvalue weighted by Gasteiger charge is -2.19. The summed E-state index contributed by atoms with van der Waals surface area (Å²) in [6.07, 6.45) is 3.40. The van der Waals surface area contributed by atoms with Crippen molar-refractivity contribution in [2.75, 3.05) is 6.54 Å². The number of aromatic nitrogens is 1. The zero-order chi connectivity index (χ0) is 13.0. The van der Waals surface area contributed by atoms with E-state index in [1.807, 2.05) is 19.1 Å². The number of hydrogen-bond donors (Lipinski definition) is 1. The number of rotatable bonds is 4. The fourth-order valence-corrected chi connectivity index (χ4v) is 2.06. The smallest absolute Gasteiger partial charge is 0.129 e. The average Bonchev–Trinajstić information content (AvgIpc) is 2.38. The normalized spacial score (nSPS) is 12.4. The lowest BCUT2D eigenvalue weighted by Crippen LogP contribution is -2.23. The molecule has 1 unspecified atom stereocenters. The van der Waals surface area contributed by atoms with E-state index in [1.54, 1.807) is 24.5 Å². The van der Waals surface area contributed by atoms with E-state index < -0.39 is 0 Å². The van der Waals surface area contributed by atoms with Crippen LogP contribution in [0, 0.1) is 5.82 Å². The number of pyridine rings is 1. The van der Waals surface area contributed by atoms with E-state index in [9.17, 15) is 4.39 Å². The maximum Gasteiger partial charge on any atom is 0.129 e. The van der Waals surface area contributed by atoms with Crippen molar-refractivity contribution < 1.29 is 4.39 Å². The van der Waals surface area contributed by atoms with E-state index in [0.29, 0.717) is 10.6 Å². The van der Waals surface area contributed by atoms with Crippen LogP contribution >= 0.6 is 11.6 Å². The molecule has 0 aliphatic rings. The quantitative estimate of drug-likeness (QED) is 0.913. The van der Waals surface area contributed by atoms with Crippen molar-refractivity contribution in [1.29, 1.82) is 0 Å². The zero-order valence-corrected chi connectivity index (χ0v) is 10.8. The Labute approximate surface area is 111 Å². The summed E-state index contributed by atoms with van der Waals surface area (Å²) < 4.78 is 14.0. The fraction of sp³-hybridized carbons (Fsp3) is 0.214. The first-order chi connectivity index (χ1) is 8.72. The molecular weight excluding hydrogens is 251 g/mol. The second-order valence-electron chi connectivity index (χ2n) is 3.94. The van der Waals surface area contributed by atoms with Crippen molar-refractivity contribution >= 4 is 11.6 Å². The van der Waals surface area contributed by atoms with Gasteiger partial charge in [-0.1, -0.05) is 24.6 Å². The molecule has 0 bridgehead atoms. The minimum Gasteiger partial charge on any atom is -0.306 e. The Morgan fingerprint density at radius 1 is 1.28 bits per heavy atom. The van der Waals surface area contributed by atoms with Crippen LogP contribution in [0.15, 0.2) is 42.7 Å². The molecule has 4 heteroatoms. The van der Waals surface area contributed by atoms with Gasteiger partial charge in [-0.15, -0.1) is 0 Å². The lowest BCUT2D eigenvalue weighted by atomic mass is 9.99. The molecule has 0 saturated carbocycles. The molecule has 2 rings (SSSR count). The summed E-state index contributed by atoms with van der Waals surface area (Å²) >= 11 is 5.77. The monoisotopic (exact) mass is 264 g/mol. The van der Waals surface area contributed by atoms with Crippen molar-refractivity contribution in [3.8, 4) is 0 Å². The summed E-state index contributed by atoms with van der Waals surface area (Å²) in [4.78, 5) is 3.98. The molecule has 0 amide bonds. The number of hydrogen-bond acceptors (Lipinski definition) is 2. The Morgan fingerprint density at radius 3 is 2.61 bits per heavy atom. The predicted molar refractivity (Wildman–Crippen MR) is 71.2 cm³/mol. The van der Waals surface area contributed by atoms with E-state index in [4.69, 9.17) is 11.6 Å². The van der Waals surface area contributed by atoms with Crippen molar-refractivity contribution in [1.82, 2.24) is 10.3 Å². The van der Waals surface area contributed by atoms with Gasteiger partial charge in [0.25, 0.3) is 0 Å². The van der Waals surface area contributed by atoms with Crippen molar-refractivity contribution in [3.63, 3.8) is 0 Å². The molecule has 18 heavy (non-hydrogen) atoms. The number of nitrogens with zero attached hydrogens (tertiary/aromatic N) is 1. The van der Waals surface area contributed by atoms with Gasteiger partial charge in [0.1, 0.15) is 5.82 Å². The standard InChI is InChI=1S/C14H14ClFN2/c1-2-18-14(10-5-7-17-8-6-10)12-4-3-11(15)9-13(12)16/h3-9,14,18H,2H2,1H3. The highest BCUT2D eigenvalue weighted by Gasteiger charge is 2.16. The second kappa shape index (κ2) is 5.94. The molecule has 1 atom stereocenters. The Kier molecular flexibility index (Phi) is 4.28. The van der Waals surface area contributed by atoms with Crippen LogP contribution < -0.4 is 5.32 Å². The molecule has 0 radical (unpaired) electrons. The number of benzene rings is 1. The highest BCUT2D eigenvalue weighted by Crippen LogP contribution is 2.25. The van der Waals surface area contributed by atoms with Gasteiger partial charge in [0.15, 0.2) is 0 Å². The Balaban J connectivity index is 2.41. The molecule has 1 N–H and O–H groups in total. The summed E-state index contributed by atoms with van der Waals surface area (Å²) in [5.41, 5.74) is 1.57. The van der Waals surface area contributed by atoms with Crippen molar-refractivity contribution in [2.45, 2.75) is 13.0 Å². The van der Waals surface area contributed by atoms with Crippen LogP contribution in [0.3, 0.4) is 0 Å². The minimum atomic E-state index is -0.301. The Hall–Kier alpha value is -1.45. The molecule has 0 aliphatic carbocycles. The molecule has 0 fully saturated rings. The highest BCUT2D eigenvalue weighted by atomic mass is 35.5. The van der Waals surface area contributed by atoms with Crippen LogP contribution in [0.1, 0.15) is 24.1 Å². The summed E-state index contributed by atoms with van der Waals surface area (Å²) in [7, 11) is 0. The third-order valence-corrected chi connectivity index (χ3v) is 2.96. The van der Waals surface area contributed by atoms with Crippen LogP contribution in [-0.4, -0.2) is 11.5 Å². The van der Waals surface area contributed by atoms with Gasteiger partial charge in [-0.3, -0.25) is 4.98 Å². The molecule has 1 heterocycles. The van der Waals surface area contributed by atoms with Gasteiger partial charge in [-0.25, -0.2) is 4.39 Å². The largest absolute Gasteiger partial charge is 0.306 e. The lowest BCUT2D eigenvalue weighted by molar-refractivity contribution is 0.559. The van der Waals surface area contributed by atoms with Gasteiger partial charge in [0.2, 0.25) is 0 Å². The predicted octanol–water partition coefficient (Wildman–Crippen LogP) is 3.57. The highest BCUT2D eigenvalue weighted by molar-refractivity contribution is 6.30. The maximum absolute atomic E-state index is 14.0. The first-order valence-electron chi connectivity index (χ1n) is 5.80. The third-order valence-electron chi connectivity index (χ3n) is 2.72. The Morgan fingerprint density at radius 2 is 2.00 bits per heavy atom. The molecule has 0 aliphatic heterocycles. The second-order valence-corrected chi connectivity index (χ2v) is 4.37. The van der Waals surface area contributed by atoms with Crippen LogP contribution in [0.2, 0.25) is 5.02 Å². The topological polar surface area (TPSA) is 24.9 Å². The van der Waals surface area contributed by atoms with E-state index in [0.717, 1.165) is 12.1 Å². The molecule has 0 saturated heterocycles. The van der Waals surface area contributed by atoms with Crippen LogP contribution in [-0.2, 0) is 0 Å². The van der Waals surface area contributed by atoms with Crippen LogP contribution in [0.4, 0.5) is 4.39 Å². The molecule has 2 nitrogen and oxygen atoms in total. The van der Waals surface area contributed by atoms with E-state index in [-0.39, 0.29) is 11.9 Å². The van der Waals surface area contributed by atoms with Crippen LogP contribution in [0.25, 0.3) is 0 Å². The summed E-state index contributed by atoms with van der Waals surface area (Å²) in [5, 5.41) is 3.67. The van der Waals surface area contributed by atoms with Gasteiger partial charge < -0.3 is 5.32 Å². The maximum atomic E-state index is 14.0. The molecule has 1 aromatic heterocycles. The van der Waals surface area contributed by atoms with Crippen molar-refractivity contribution in [2.24, 2.45) is 0 Å². The zero-order valence-electron chi connectivity index (χ0n) is 10.0. The van der Waals surface area contributed by atoms with E-state index in [2.05, 4.69) is 10.3 Å². The molecule has 0 spiro atoms. The molecular formula is C14H14ClFN2. The van der Waals surface area contributed by atoms with Gasteiger partial charge >= 0.3 is 0 Å². The van der Waals surface area contributed by atoms with Crippen molar-refractivity contribution in [3.05, 3.63) is 64.7 Å². The summed E-state index contributed by atoms with van der Waals surface area (Å²) in [6.45, 7) is 2.73. The summed E-state index contributed by atoms with van der Waals surface area (Å²) in [6, 6.07) is 8.32. The SMILES string of the molecule is CCNC(c1ccncc1)c1ccc(Cl)cc1F. The minimum absolute atomic E-state index is 0.185. The van der Waals surface area contributed by atoms with Crippen LogP contribution in [0.5, 0.6) is 0 Å². The number of nitrogens with one attached hydrogen (secondary N) is 1. The molecule has 2 aromatic rings.